The number of fused-ring (bicyclic) bond motifs is 1. The fraction of sp³-hybridized carbons (Fsp3) is 0.286. The molecule has 1 fully saturated rings. The third-order valence-electron chi connectivity index (χ3n) is 5.58. The zero-order valence-electron chi connectivity index (χ0n) is 16.1. The lowest BCUT2D eigenvalue weighted by Gasteiger charge is -2.15. The van der Waals surface area contributed by atoms with Gasteiger partial charge in [-0.25, -0.2) is 18.7 Å². The van der Waals surface area contributed by atoms with Crippen molar-refractivity contribution >= 4 is 11.5 Å². The van der Waals surface area contributed by atoms with E-state index in [1.807, 2.05) is 0 Å². The fourth-order valence-electron chi connectivity index (χ4n) is 4.04. The Hall–Kier alpha value is -3.33. The lowest BCUT2D eigenvalue weighted by atomic mass is 10.1. The minimum absolute atomic E-state index is 0.0132. The van der Waals surface area contributed by atoms with Crippen molar-refractivity contribution in [1.82, 2.24) is 24.6 Å². The van der Waals surface area contributed by atoms with Crippen LogP contribution in [0.25, 0.3) is 28.2 Å². The van der Waals surface area contributed by atoms with Crippen molar-refractivity contribution in [2.24, 2.45) is 0 Å². The molecule has 1 aliphatic carbocycles. The predicted octanol–water partition coefficient (Wildman–Crippen LogP) is 3.91. The van der Waals surface area contributed by atoms with Crippen LogP contribution in [0.2, 0.25) is 0 Å². The number of nitrogens with one attached hydrogen (secondary N) is 2. The number of halogens is 2. The fourth-order valence-corrected chi connectivity index (χ4v) is 4.04. The van der Waals surface area contributed by atoms with Crippen molar-refractivity contribution in [1.29, 1.82) is 0 Å². The van der Waals surface area contributed by atoms with Gasteiger partial charge in [-0.1, -0.05) is 12.8 Å². The summed E-state index contributed by atoms with van der Waals surface area (Å²) in [4.78, 5) is 8.60. The van der Waals surface area contributed by atoms with Crippen LogP contribution in [0.5, 0.6) is 0 Å². The number of rotatable bonds is 5. The average Bonchev–Trinajstić information content (AvgIpc) is 3.51. The first-order valence-corrected chi connectivity index (χ1v) is 9.87. The number of hydrogen-bond donors (Lipinski definition) is 3. The van der Waals surface area contributed by atoms with Crippen LogP contribution in [0.4, 0.5) is 14.6 Å². The van der Waals surface area contributed by atoms with E-state index in [-0.39, 0.29) is 24.2 Å². The lowest BCUT2D eigenvalue weighted by molar-refractivity contribution is 0.282. The number of aromatic nitrogens is 5. The van der Waals surface area contributed by atoms with E-state index in [4.69, 9.17) is 0 Å². The molecule has 7 nitrogen and oxygen atoms in total. The first-order chi connectivity index (χ1) is 14.6. The normalized spacial score (nSPS) is 14.6. The molecule has 5 rings (SSSR count). The molecule has 3 N–H and O–H groups in total. The number of pyridine rings is 2. The zero-order valence-corrected chi connectivity index (χ0v) is 16.1. The van der Waals surface area contributed by atoms with Crippen molar-refractivity contribution in [3.8, 4) is 22.5 Å². The monoisotopic (exact) mass is 410 g/mol. The first-order valence-electron chi connectivity index (χ1n) is 9.87. The minimum Gasteiger partial charge on any atom is -0.392 e. The van der Waals surface area contributed by atoms with Gasteiger partial charge in [0.05, 0.1) is 24.7 Å². The third kappa shape index (κ3) is 3.21. The lowest BCUT2D eigenvalue weighted by Crippen LogP contribution is -2.17. The molecule has 0 saturated heterocycles. The molecule has 1 saturated carbocycles. The van der Waals surface area contributed by atoms with Crippen LogP contribution in [0.3, 0.4) is 0 Å². The van der Waals surface area contributed by atoms with Gasteiger partial charge in [0.2, 0.25) is 0 Å². The molecule has 0 radical (unpaired) electrons. The molecule has 0 bridgehead atoms. The number of imidazole rings is 1. The Bertz CT molecular complexity index is 1200. The molecule has 4 aromatic rings. The summed E-state index contributed by atoms with van der Waals surface area (Å²) in [5.74, 6) is -1.42. The molecule has 1 aliphatic rings. The molecule has 4 aromatic heterocycles. The Kier molecular flexibility index (Phi) is 4.66. The van der Waals surface area contributed by atoms with E-state index in [0.717, 1.165) is 42.9 Å². The van der Waals surface area contributed by atoms with Gasteiger partial charge in [0.1, 0.15) is 11.3 Å². The molecule has 4 heterocycles. The zero-order chi connectivity index (χ0) is 20.7. The summed E-state index contributed by atoms with van der Waals surface area (Å²) < 4.78 is 30.8. The van der Waals surface area contributed by atoms with Crippen LogP contribution in [-0.4, -0.2) is 35.7 Å². The Morgan fingerprint density at radius 2 is 2.00 bits per heavy atom. The highest BCUT2D eigenvalue weighted by Crippen LogP contribution is 2.31. The standard InChI is InChI=1S/C21H20F2N6O/c22-16-6-17(23)21(27-14-3-1-2-4-14)28-20(16)18-9-24-19-5-12(11-30)15(10-29(18)19)13-7-25-26-8-13/h5-10,14,30H,1-4,11H2,(H,25,26)(H,27,28). The number of nitrogens with zero attached hydrogens (tertiary/aromatic N) is 4. The summed E-state index contributed by atoms with van der Waals surface area (Å²) in [6.07, 6.45) is 10.7. The second kappa shape index (κ2) is 7.49. The van der Waals surface area contributed by atoms with Crippen molar-refractivity contribution in [3.05, 3.63) is 54.1 Å². The van der Waals surface area contributed by atoms with E-state index in [2.05, 4.69) is 25.5 Å². The summed E-state index contributed by atoms with van der Waals surface area (Å²) in [7, 11) is 0. The maximum absolute atomic E-state index is 14.7. The van der Waals surface area contributed by atoms with E-state index in [9.17, 15) is 13.9 Å². The predicted molar refractivity (Wildman–Crippen MR) is 108 cm³/mol. The minimum atomic E-state index is -0.762. The van der Waals surface area contributed by atoms with Crippen LogP contribution in [0.1, 0.15) is 31.2 Å². The van der Waals surface area contributed by atoms with Gasteiger partial charge in [-0.2, -0.15) is 5.10 Å². The van der Waals surface area contributed by atoms with Crippen molar-refractivity contribution in [2.75, 3.05) is 5.32 Å². The van der Waals surface area contributed by atoms with E-state index >= 15 is 0 Å². The molecule has 0 spiro atoms. The Morgan fingerprint density at radius 3 is 2.73 bits per heavy atom. The molecule has 154 valence electrons. The summed E-state index contributed by atoms with van der Waals surface area (Å²) in [5, 5.41) is 19.6. The quantitative estimate of drug-likeness (QED) is 0.464. The van der Waals surface area contributed by atoms with Gasteiger partial charge >= 0.3 is 0 Å². The number of aromatic amines is 1. The molecule has 0 atom stereocenters. The SMILES string of the molecule is OCc1cc2ncc(-c3nc(NC4CCCC4)c(F)cc3F)n2cc1-c1cn[nH]c1. The van der Waals surface area contributed by atoms with Gasteiger partial charge < -0.3 is 10.4 Å². The van der Waals surface area contributed by atoms with Gasteiger partial charge in [-0.05, 0) is 24.5 Å². The van der Waals surface area contributed by atoms with Crippen molar-refractivity contribution in [3.63, 3.8) is 0 Å². The van der Waals surface area contributed by atoms with Crippen LogP contribution in [0.15, 0.2) is 36.9 Å². The first kappa shape index (κ1) is 18.7. The number of H-pyrrole nitrogens is 1. The summed E-state index contributed by atoms with van der Waals surface area (Å²) in [6, 6.07) is 2.73. The van der Waals surface area contributed by atoms with Gasteiger partial charge in [-0.15, -0.1) is 0 Å². The molecule has 0 aliphatic heterocycles. The Morgan fingerprint density at radius 1 is 1.17 bits per heavy atom. The van der Waals surface area contributed by atoms with E-state index < -0.39 is 11.6 Å². The van der Waals surface area contributed by atoms with Crippen LogP contribution in [0, 0.1) is 11.6 Å². The second-order valence-corrected chi connectivity index (χ2v) is 7.50. The van der Waals surface area contributed by atoms with E-state index in [1.54, 1.807) is 29.1 Å². The highest BCUT2D eigenvalue weighted by atomic mass is 19.1. The van der Waals surface area contributed by atoms with Crippen LogP contribution < -0.4 is 5.32 Å². The Labute approximate surface area is 170 Å². The van der Waals surface area contributed by atoms with Gasteiger partial charge in [0.25, 0.3) is 0 Å². The topological polar surface area (TPSA) is 91.1 Å². The Balaban J connectivity index is 1.63. The molecular formula is C21H20F2N6O. The molecular weight excluding hydrogens is 390 g/mol. The van der Waals surface area contributed by atoms with Crippen LogP contribution >= 0.6 is 0 Å². The largest absolute Gasteiger partial charge is 0.392 e. The third-order valence-corrected chi connectivity index (χ3v) is 5.58. The highest BCUT2D eigenvalue weighted by Gasteiger charge is 2.21. The summed E-state index contributed by atoms with van der Waals surface area (Å²) in [5.41, 5.74) is 3.10. The van der Waals surface area contributed by atoms with E-state index in [1.165, 1.54) is 6.20 Å². The summed E-state index contributed by atoms with van der Waals surface area (Å²) >= 11 is 0. The number of aliphatic hydroxyl groups excluding tert-OH is 1. The smallest absolute Gasteiger partial charge is 0.168 e. The van der Waals surface area contributed by atoms with Crippen molar-refractivity contribution < 1.29 is 13.9 Å². The maximum atomic E-state index is 14.7. The number of hydrogen-bond acceptors (Lipinski definition) is 5. The van der Waals surface area contributed by atoms with Gasteiger partial charge in [0, 0.05) is 35.6 Å². The second-order valence-electron chi connectivity index (χ2n) is 7.50. The van der Waals surface area contributed by atoms with E-state index in [0.29, 0.717) is 16.9 Å². The molecule has 9 heteroatoms. The number of anilines is 1. The number of aliphatic hydroxyl groups is 1. The van der Waals surface area contributed by atoms with Gasteiger partial charge in [-0.3, -0.25) is 9.50 Å². The van der Waals surface area contributed by atoms with Crippen molar-refractivity contribution in [2.45, 2.75) is 38.3 Å². The molecule has 0 aromatic carbocycles. The maximum Gasteiger partial charge on any atom is 0.168 e. The van der Waals surface area contributed by atoms with Crippen LogP contribution in [-0.2, 0) is 6.61 Å². The average molecular weight is 410 g/mol. The van der Waals surface area contributed by atoms with Gasteiger partial charge in [0.15, 0.2) is 17.5 Å². The summed E-state index contributed by atoms with van der Waals surface area (Å²) in [6.45, 7) is -0.183. The molecule has 0 amide bonds. The molecule has 0 unspecified atom stereocenters. The molecule has 30 heavy (non-hydrogen) atoms. The highest BCUT2D eigenvalue weighted by molar-refractivity contribution is 5.71.